The number of para-hydroxylation sites is 1. The lowest BCUT2D eigenvalue weighted by atomic mass is 10.0. The van der Waals surface area contributed by atoms with Crippen LogP contribution >= 0.6 is 0 Å². The number of hydrogen-bond donors (Lipinski definition) is 2. The molecule has 0 saturated carbocycles. The number of anilines is 1. The molecule has 3 nitrogen and oxygen atoms in total. The molecule has 0 spiro atoms. The molecule has 0 bridgehead atoms. The lowest BCUT2D eigenvalue weighted by Gasteiger charge is -2.23. The number of benzene rings is 1. The van der Waals surface area contributed by atoms with Crippen LogP contribution in [0.4, 0.5) is 5.69 Å². The van der Waals surface area contributed by atoms with Crippen LogP contribution in [-0.4, -0.2) is 11.4 Å². The summed E-state index contributed by atoms with van der Waals surface area (Å²) >= 11 is 0. The van der Waals surface area contributed by atoms with Gasteiger partial charge in [0, 0.05) is 18.2 Å². The molecule has 0 radical (unpaired) electrons. The molecule has 90 valence electrons. The first-order valence-electron chi connectivity index (χ1n) is 5.46. The molecule has 0 fully saturated rings. The van der Waals surface area contributed by atoms with Crippen LogP contribution in [0.5, 0.6) is 0 Å². The molecular formula is C13H22N2O. The van der Waals surface area contributed by atoms with Crippen LogP contribution in [0.15, 0.2) is 30.3 Å². The smallest absolute Gasteiger partial charge is 0.217 e. The SMILES string of the molecule is CCC(C)(C)NC(C)=O.Nc1ccccc1. The summed E-state index contributed by atoms with van der Waals surface area (Å²) in [5.74, 6) is 0.0434. The molecule has 1 amide bonds. The van der Waals surface area contributed by atoms with Crippen molar-refractivity contribution >= 4 is 11.6 Å². The van der Waals surface area contributed by atoms with E-state index < -0.39 is 0 Å². The van der Waals surface area contributed by atoms with Crippen LogP contribution in [0.3, 0.4) is 0 Å². The van der Waals surface area contributed by atoms with Crippen molar-refractivity contribution in [1.82, 2.24) is 5.32 Å². The first-order chi connectivity index (χ1) is 7.37. The van der Waals surface area contributed by atoms with Gasteiger partial charge in [-0.2, -0.15) is 0 Å². The fraction of sp³-hybridized carbons (Fsp3) is 0.462. The normalized spacial score (nSPS) is 10.0. The second-order valence-corrected chi connectivity index (χ2v) is 4.33. The number of carbonyl (C=O) groups excluding carboxylic acids is 1. The molecule has 0 saturated heterocycles. The molecule has 0 aliphatic carbocycles. The zero-order chi connectivity index (χ0) is 12.6. The Bertz CT molecular complexity index is 307. The number of nitrogens with two attached hydrogens (primary N) is 1. The Morgan fingerprint density at radius 1 is 1.31 bits per heavy atom. The number of rotatable bonds is 2. The molecule has 0 unspecified atom stereocenters. The number of amides is 1. The standard InChI is InChI=1S/C7H15NO.C6H7N/c1-5-7(3,4)8-6(2)9;7-6-4-2-1-3-5-6/h5H2,1-4H3,(H,8,9);1-5H,7H2. The average Bonchev–Trinajstić information content (AvgIpc) is 2.18. The molecule has 0 heterocycles. The van der Waals surface area contributed by atoms with Crippen LogP contribution < -0.4 is 11.1 Å². The van der Waals surface area contributed by atoms with Gasteiger partial charge in [0.1, 0.15) is 0 Å². The van der Waals surface area contributed by atoms with Gasteiger partial charge in [0.15, 0.2) is 0 Å². The summed E-state index contributed by atoms with van der Waals surface area (Å²) in [6.07, 6.45) is 0.965. The maximum atomic E-state index is 10.5. The number of hydrogen-bond acceptors (Lipinski definition) is 2. The monoisotopic (exact) mass is 222 g/mol. The molecule has 3 N–H and O–H groups in total. The number of nitrogens with one attached hydrogen (secondary N) is 1. The first kappa shape index (κ1) is 14.5. The van der Waals surface area contributed by atoms with Crippen LogP contribution in [0.2, 0.25) is 0 Å². The van der Waals surface area contributed by atoms with Crippen LogP contribution in [0, 0.1) is 0 Å². The van der Waals surface area contributed by atoms with Gasteiger partial charge in [-0.3, -0.25) is 4.79 Å². The Labute approximate surface area is 98.0 Å². The highest BCUT2D eigenvalue weighted by Gasteiger charge is 2.14. The zero-order valence-electron chi connectivity index (χ0n) is 10.6. The molecule has 0 aromatic heterocycles. The minimum absolute atomic E-state index is 0.0359. The van der Waals surface area contributed by atoms with Gasteiger partial charge in [-0.05, 0) is 32.4 Å². The lowest BCUT2D eigenvalue weighted by molar-refractivity contribution is -0.120. The van der Waals surface area contributed by atoms with Gasteiger partial charge in [0.2, 0.25) is 5.91 Å². The van der Waals surface area contributed by atoms with Gasteiger partial charge in [0.05, 0.1) is 0 Å². The Balaban J connectivity index is 0.000000288. The topological polar surface area (TPSA) is 55.1 Å². The third-order valence-corrected chi connectivity index (χ3v) is 2.20. The van der Waals surface area contributed by atoms with Gasteiger partial charge in [-0.25, -0.2) is 0 Å². The molecular weight excluding hydrogens is 200 g/mol. The molecule has 0 aliphatic heterocycles. The van der Waals surface area contributed by atoms with E-state index in [1.807, 2.05) is 44.2 Å². The van der Waals surface area contributed by atoms with Gasteiger partial charge < -0.3 is 11.1 Å². The Morgan fingerprint density at radius 3 is 2.00 bits per heavy atom. The first-order valence-corrected chi connectivity index (χ1v) is 5.46. The Hall–Kier alpha value is -1.51. The maximum absolute atomic E-state index is 10.5. The quantitative estimate of drug-likeness (QED) is 0.756. The van der Waals surface area contributed by atoms with E-state index in [1.54, 1.807) is 0 Å². The predicted molar refractivity (Wildman–Crippen MR) is 69.0 cm³/mol. The van der Waals surface area contributed by atoms with Gasteiger partial charge >= 0.3 is 0 Å². The van der Waals surface area contributed by atoms with Crippen molar-refractivity contribution in [2.75, 3.05) is 5.73 Å². The largest absolute Gasteiger partial charge is 0.399 e. The highest BCUT2D eigenvalue weighted by Crippen LogP contribution is 2.05. The lowest BCUT2D eigenvalue weighted by Crippen LogP contribution is -2.41. The minimum Gasteiger partial charge on any atom is -0.399 e. The van der Waals surface area contributed by atoms with Crippen molar-refractivity contribution in [2.24, 2.45) is 0 Å². The highest BCUT2D eigenvalue weighted by molar-refractivity contribution is 5.73. The second-order valence-electron chi connectivity index (χ2n) is 4.33. The van der Waals surface area contributed by atoms with Crippen molar-refractivity contribution < 1.29 is 4.79 Å². The van der Waals surface area contributed by atoms with E-state index in [-0.39, 0.29) is 11.4 Å². The van der Waals surface area contributed by atoms with Gasteiger partial charge in [-0.15, -0.1) is 0 Å². The van der Waals surface area contributed by atoms with Crippen molar-refractivity contribution in [3.05, 3.63) is 30.3 Å². The van der Waals surface area contributed by atoms with E-state index in [9.17, 15) is 4.79 Å². The van der Waals surface area contributed by atoms with E-state index in [0.717, 1.165) is 12.1 Å². The van der Waals surface area contributed by atoms with Gasteiger partial charge in [0.25, 0.3) is 0 Å². The summed E-state index contributed by atoms with van der Waals surface area (Å²) in [5.41, 5.74) is 6.14. The Kier molecular flexibility index (Phi) is 6.23. The van der Waals surface area contributed by atoms with Crippen molar-refractivity contribution in [2.45, 2.75) is 39.7 Å². The van der Waals surface area contributed by atoms with E-state index in [4.69, 9.17) is 5.73 Å². The highest BCUT2D eigenvalue weighted by atomic mass is 16.1. The second kappa shape index (κ2) is 6.88. The zero-order valence-corrected chi connectivity index (χ0v) is 10.6. The molecule has 0 atom stereocenters. The van der Waals surface area contributed by atoms with E-state index in [0.29, 0.717) is 0 Å². The third-order valence-electron chi connectivity index (χ3n) is 2.20. The van der Waals surface area contributed by atoms with E-state index in [2.05, 4.69) is 12.2 Å². The fourth-order valence-corrected chi connectivity index (χ4v) is 1.02. The van der Waals surface area contributed by atoms with Crippen LogP contribution in [0.1, 0.15) is 34.1 Å². The molecule has 1 aromatic carbocycles. The van der Waals surface area contributed by atoms with Crippen molar-refractivity contribution in [3.63, 3.8) is 0 Å². The summed E-state index contributed by atoms with van der Waals surface area (Å²) in [7, 11) is 0. The van der Waals surface area contributed by atoms with E-state index in [1.165, 1.54) is 6.92 Å². The summed E-state index contributed by atoms with van der Waals surface area (Å²) in [4.78, 5) is 10.5. The minimum atomic E-state index is -0.0359. The summed E-state index contributed by atoms with van der Waals surface area (Å²) in [6.45, 7) is 7.61. The average molecular weight is 222 g/mol. The molecule has 1 rings (SSSR count). The summed E-state index contributed by atoms with van der Waals surface area (Å²) in [6, 6.07) is 9.49. The molecule has 0 aliphatic rings. The molecule has 3 heteroatoms. The summed E-state index contributed by atoms with van der Waals surface area (Å²) in [5, 5.41) is 2.83. The predicted octanol–water partition coefficient (Wildman–Crippen LogP) is 2.58. The van der Waals surface area contributed by atoms with E-state index >= 15 is 0 Å². The molecule has 16 heavy (non-hydrogen) atoms. The molecule has 1 aromatic rings. The fourth-order valence-electron chi connectivity index (χ4n) is 1.02. The summed E-state index contributed by atoms with van der Waals surface area (Å²) < 4.78 is 0. The van der Waals surface area contributed by atoms with Crippen molar-refractivity contribution in [1.29, 1.82) is 0 Å². The number of nitrogen functional groups attached to an aromatic ring is 1. The maximum Gasteiger partial charge on any atom is 0.217 e. The van der Waals surface area contributed by atoms with Crippen molar-refractivity contribution in [3.8, 4) is 0 Å². The third kappa shape index (κ3) is 7.85. The van der Waals surface area contributed by atoms with Crippen LogP contribution in [0.25, 0.3) is 0 Å². The Morgan fingerprint density at radius 2 is 1.81 bits per heavy atom. The van der Waals surface area contributed by atoms with Gasteiger partial charge in [-0.1, -0.05) is 25.1 Å². The van der Waals surface area contributed by atoms with Crippen LogP contribution in [-0.2, 0) is 4.79 Å². The number of carbonyl (C=O) groups is 1.